The maximum Gasteiger partial charge on any atom is 0.234 e. The summed E-state index contributed by atoms with van der Waals surface area (Å²) in [6.45, 7) is 5.07. The van der Waals surface area contributed by atoms with E-state index in [2.05, 4.69) is 39.4 Å². The van der Waals surface area contributed by atoms with Gasteiger partial charge in [-0.05, 0) is 24.3 Å². The Balaban J connectivity index is 1.54. The molecular formula is C20H31N3O2. The largest absolute Gasteiger partial charge is 0.395 e. The Labute approximate surface area is 151 Å². The highest BCUT2D eigenvalue weighted by Crippen LogP contribution is 2.35. The first-order valence-electron chi connectivity index (χ1n) is 9.66. The minimum Gasteiger partial charge on any atom is -0.395 e. The zero-order valence-electron chi connectivity index (χ0n) is 15.1. The van der Waals surface area contributed by atoms with Gasteiger partial charge >= 0.3 is 0 Å². The number of amides is 1. The summed E-state index contributed by atoms with van der Waals surface area (Å²) < 4.78 is 0. The quantitative estimate of drug-likeness (QED) is 0.789. The third kappa shape index (κ3) is 5.27. The van der Waals surface area contributed by atoms with E-state index in [0.29, 0.717) is 12.5 Å². The smallest absolute Gasteiger partial charge is 0.234 e. The SMILES string of the molecule is O=C(CN1CCN(CCO)CC1)N[C@H](c1ccccc1)C1CCCC1. The van der Waals surface area contributed by atoms with E-state index in [0.717, 1.165) is 32.7 Å². The van der Waals surface area contributed by atoms with Crippen LogP contribution >= 0.6 is 0 Å². The van der Waals surface area contributed by atoms with Crippen LogP contribution in [0.15, 0.2) is 30.3 Å². The van der Waals surface area contributed by atoms with Gasteiger partial charge in [-0.3, -0.25) is 14.6 Å². The van der Waals surface area contributed by atoms with Crippen molar-refractivity contribution in [1.82, 2.24) is 15.1 Å². The van der Waals surface area contributed by atoms with Gasteiger partial charge in [0.25, 0.3) is 0 Å². The first-order valence-corrected chi connectivity index (χ1v) is 9.66. The Kier molecular flexibility index (Phi) is 6.84. The van der Waals surface area contributed by atoms with Gasteiger partial charge in [0.1, 0.15) is 0 Å². The van der Waals surface area contributed by atoms with Crippen molar-refractivity contribution in [2.75, 3.05) is 45.9 Å². The molecule has 0 bridgehead atoms. The van der Waals surface area contributed by atoms with Crippen molar-refractivity contribution >= 4 is 5.91 Å². The van der Waals surface area contributed by atoms with E-state index in [-0.39, 0.29) is 18.6 Å². The summed E-state index contributed by atoms with van der Waals surface area (Å²) in [5, 5.41) is 12.3. The number of carbonyl (C=O) groups excluding carboxylic acids is 1. The average molecular weight is 345 g/mol. The minimum absolute atomic E-state index is 0.136. The zero-order chi connectivity index (χ0) is 17.5. The topological polar surface area (TPSA) is 55.8 Å². The number of piperazine rings is 1. The molecule has 25 heavy (non-hydrogen) atoms. The molecule has 0 aromatic heterocycles. The van der Waals surface area contributed by atoms with E-state index in [1.807, 2.05) is 6.07 Å². The molecule has 5 nitrogen and oxygen atoms in total. The lowest BCUT2D eigenvalue weighted by atomic mass is 9.91. The van der Waals surface area contributed by atoms with Crippen molar-refractivity contribution < 1.29 is 9.90 Å². The molecule has 0 radical (unpaired) electrons. The molecule has 1 aromatic rings. The number of aliphatic hydroxyl groups excluding tert-OH is 1. The van der Waals surface area contributed by atoms with Crippen molar-refractivity contribution in [3.8, 4) is 0 Å². The molecule has 3 rings (SSSR count). The van der Waals surface area contributed by atoms with Crippen molar-refractivity contribution in [1.29, 1.82) is 0 Å². The lowest BCUT2D eigenvalue weighted by molar-refractivity contribution is -0.123. The molecule has 1 amide bonds. The van der Waals surface area contributed by atoms with E-state index >= 15 is 0 Å². The third-order valence-corrected chi connectivity index (χ3v) is 5.59. The summed E-state index contributed by atoms with van der Waals surface area (Å²) in [5.41, 5.74) is 1.23. The molecule has 1 saturated heterocycles. The summed E-state index contributed by atoms with van der Waals surface area (Å²) >= 11 is 0. The van der Waals surface area contributed by atoms with Gasteiger partial charge in [-0.15, -0.1) is 0 Å². The lowest BCUT2D eigenvalue weighted by Crippen LogP contribution is -2.50. The summed E-state index contributed by atoms with van der Waals surface area (Å²) in [4.78, 5) is 17.1. The first-order chi connectivity index (χ1) is 12.3. The van der Waals surface area contributed by atoms with Crippen LogP contribution in [0.4, 0.5) is 0 Å². The molecule has 138 valence electrons. The molecule has 0 unspecified atom stereocenters. The summed E-state index contributed by atoms with van der Waals surface area (Å²) in [6, 6.07) is 10.6. The van der Waals surface area contributed by atoms with Gasteiger partial charge in [0.2, 0.25) is 5.91 Å². The number of hydrogen-bond donors (Lipinski definition) is 2. The Morgan fingerprint density at radius 2 is 1.72 bits per heavy atom. The lowest BCUT2D eigenvalue weighted by Gasteiger charge is -2.34. The molecule has 1 atom stereocenters. The van der Waals surface area contributed by atoms with Gasteiger partial charge in [-0.1, -0.05) is 43.2 Å². The second-order valence-electron chi connectivity index (χ2n) is 7.34. The van der Waals surface area contributed by atoms with Crippen LogP contribution in [0.5, 0.6) is 0 Å². The molecule has 1 aromatic carbocycles. The summed E-state index contributed by atoms with van der Waals surface area (Å²) in [6.07, 6.45) is 4.97. The van der Waals surface area contributed by atoms with Crippen LogP contribution in [0.25, 0.3) is 0 Å². The van der Waals surface area contributed by atoms with E-state index in [1.54, 1.807) is 0 Å². The Bertz CT molecular complexity index is 523. The van der Waals surface area contributed by atoms with Gasteiger partial charge in [-0.25, -0.2) is 0 Å². The Hall–Kier alpha value is -1.43. The normalized spacial score (nSPS) is 21.3. The third-order valence-electron chi connectivity index (χ3n) is 5.59. The van der Waals surface area contributed by atoms with Crippen LogP contribution in [-0.2, 0) is 4.79 Å². The van der Waals surface area contributed by atoms with Crippen molar-refractivity contribution in [3.05, 3.63) is 35.9 Å². The van der Waals surface area contributed by atoms with Crippen molar-refractivity contribution in [3.63, 3.8) is 0 Å². The maximum absolute atomic E-state index is 12.7. The number of aliphatic hydroxyl groups is 1. The predicted molar refractivity (Wildman–Crippen MR) is 99.2 cm³/mol. The highest BCUT2D eigenvalue weighted by molar-refractivity contribution is 5.78. The molecule has 5 heteroatoms. The minimum atomic E-state index is 0.136. The predicted octanol–water partition coefficient (Wildman–Crippen LogP) is 1.64. The molecule has 1 aliphatic carbocycles. The number of β-amino-alcohol motifs (C(OH)–C–C–N with tert-alkyl or cyclic N) is 1. The highest BCUT2D eigenvalue weighted by atomic mass is 16.3. The summed E-state index contributed by atoms with van der Waals surface area (Å²) in [7, 11) is 0. The number of carbonyl (C=O) groups is 1. The molecule has 1 heterocycles. The van der Waals surface area contributed by atoms with E-state index in [9.17, 15) is 4.79 Å². The monoisotopic (exact) mass is 345 g/mol. The van der Waals surface area contributed by atoms with Gasteiger partial charge in [-0.2, -0.15) is 0 Å². The first kappa shape index (κ1) is 18.4. The summed E-state index contributed by atoms with van der Waals surface area (Å²) in [5.74, 6) is 0.698. The molecule has 1 aliphatic heterocycles. The maximum atomic E-state index is 12.7. The van der Waals surface area contributed by atoms with Crippen LogP contribution in [0.2, 0.25) is 0 Å². The molecule has 0 spiro atoms. The van der Waals surface area contributed by atoms with Gasteiger partial charge in [0.15, 0.2) is 0 Å². The second kappa shape index (κ2) is 9.32. The highest BCUT2D eigenvalue weighted by Gasteiger charge is 2.28. The number of rotatable bonds is 7. The van der Waals surface area contributed by atoms with Crippen molar-refractivity contribution in [2.24, 2.45) is 5.92 Å². The van der Waals surface area contributed by atoms with Gasteiger partial charge in [0, 0.05) is 32.7 Å². The van der Waals surface area contributed by atoms with E-state index in [1.165, 1.54) is 31.2 Å². The van der Waals surface area contributed by atoms with Crippen LogP contribution in [0.1, 0.15) is 37.3 Å². The van der Waals surface area contributed by atoms with Crippen LogP contribution in [-0.4, -0.2) is 66.7 Å². The number of benzene rings is 1. The zero-order valence-corrected chi connectivity index (χ0v) is 15.1. The van der Waals surface area contributed by atoms with Crippen LogP contribution in [0.3, 0.4) is 0 Å². The van der Waals surface area contributed by atoms with Crippen LogP contribution < -0.4 is 5.32 Å². The molecule has 1 saturated carbocycles. The number of nitrogens with one attached hydrogen (secondary N) is 1. The standard InChI is InChI=1S/C20H31N3O2/c24-15-14-22-10-12-23(13-11-22)16-19(25)21-20(18-8-4-5-9-18)17-6-2-1-3-7-17/h1-3,6-7,18,20,24H,4-5,8-16H2,(H,21,25)/t20-/m1/s1. The second-order valence-corrected chi connectivity index (χ2v) is 7.34. The number of nitrogens with zero attached hydrogens (tertiary/aromatic N) is 2. The molecule has 2 fully saturated rings. The van der Waals surface area contributed by atoms with Crippen LogP contribution in [0, 0.1) is 5.92 Å². The van der Waals surface area contributed by atoms with Gasteiger partial charge in [0.05, 0.1) is 19.2 Å². The number of hydrogen-bond acceptors (Lipinski definition) is 4. The fourth-order valence-corrected chi connectivity index (χ4v) is 4.16. The Morgan fingerprint density at radius 3 is 2.36 bits per heavy atom. The molecular weight excluding hydrogens is 314 g/mol. The molecule has 2 aliphatic rings. The fourth-order valence-electron chi connectivity index (χ4n) is 4.16. The molecule has 2 N–H and O–H groups in total. The average Bonchev–Trinajstić information content (AvgIpc) is 3.17. The fraction of sp³-hybridized carbons (Fsp3) is 0.650. The van der Waals surface area contributed by atoms with E-state index < -0.39 is 0 Å². The van der Waals surface area contributed by atoms with E-state index in [4.69, 9.17) is 5.11 Å². The van der Waals surface area contributed by atoms with Crippen molar-refractivity contribution in [2.45, 2.75) is 31.7 Å². The van der Waals surface area contributed by atoms with Gasteiger partial charge < -0.3 is 10.4 Å². The Morgan fingerprint density at radius 1 is 1.08 bits per heavy atom.